The lowest BCUT2D eigenvalue weighted by Gasteiger charge is -2.30. The summed E-state index contributed by atoms with van der Waals surface area (Å²) in [7, 11) is 1.37. The molecule has 0 unspecified atom stereocenters. The Kier molecular flexibility index (Phi) is 10.1. The van der Waals surface area contributed by atoms with E-state index in [9.17, 15) is 25.2 Å². The standard InChI is InChI=1S/C34H47NO6/c1-18(2)10-22(11-19(3)4)23-12-25(36)29(26(37)13-23)31-33(40)32(34(31)41-9)30-27(38)14-24(15-28(30)39)35(16-20(5)6)17-21(7)8/h12-15,18-21,36-39H,10-11,16-17H2,1-9H3. The predicted octanol–water partition coefficient (Wildman–Crippen LogP) is 5.66. The van der Waals surface area contributed by atoms with Gasteiger partial charge in [-0.2, -0.15) is 0 Å². The van der Waals surface area contributed by atoms with Crippen LogP contribution < -0.4 is 15.3 Å². The molecule has 41 heavy (non-hydrogen) atoms. The van der Waals surface area contributed by atoms with Gasteiger partial charge >= 0.3 is 0 Å². The topological polar surface area (TPSA) is 110 Å². The van der Waals surface area contributed by atoms with Crippen molar-refractivity contribution < 1.29 is 30.0 Å². The molecule has 0 fully saturated rings. The van der Waals surface area contributed by atoms with E-state index in [-0.39, 0.29) is 50.7 Å². The summed E-state index contributed by atoms with van der Waals surface area (Å²) in [6.07, 6.45) is 1.64. The number of allylic oxidation sites excluding steroid dienone is 2. The van der Waals surface area contributed by atoms with Crippen molar-refractivity contribution in [3.05, 3.63) is 46.0 Å². The zero-order valence-electron chi connectivity index (χ0n) is 26.0. The van der Waals surface area contributed by atoms with E-state index in [0.29, 0.717) is 29.4 Å². The number of benzene rings is 2. The highest BCUT2D eigenvalue weighted by atomic mass is 16.5. The fraction of sp³-hybridized carbons (Fsp3) is 0.500. The summed E-state index contributed by atoms with van der Waals surface area (Å²) >= 11 is 0. The van der Waals surface area contributed by atoms with Gasteiger partial charge < -0.3 is 30.1 Å². The van der Waals surface area contributed by atoms with E-state index in [1.807, 2.05) is 0 Å². The van der Waals surface area contributed by atoms with Gasteiger partial charge in [0.2, 0.25) is 5.78 Å². The number of aromatic hydroxyl groups is 4. The van der Waals surface area contributed by atoms with Gasteiger partial charge in [-0.3, -0.25) is 4.79 Å². The van der Waals surface area contributed by atoms with E-state index in [4.69, 9.17) is 4.74 Å². The van der Waals surface area contributed by atoms with E-state index in [1.165, 1.54) is 7.11 Å². The zero-order valence-corrected chi connectivity index (χ0v) is 26.0. The van der Waals surface area contributed by atoms with Crippen LogP contribution in [0, 0.1) is 23.7 Å². The van der Waals surface area contributed by atoms with Gasteiger partial charge in [0.05, 0.1) is 29.0 Å². The first kappa shape index (κ1) is 31.9. The second-order valence-electron chi connectivity index (χ2n) is 12.9. The molecule has 7 heteroatoms. The zero-order chi connectivity index (χ0) is 30.8. The molecule has 0 amide bonds. The molecule has 7 nitrogen and oxygen atoms in total. The predicted molar refractivity (Wildman–Crippen MR) is 165 cm³/mol. The van der Waals surface area contributed by atoms with Gasteiger partial charge in [-0.05, 0) is 53.9 Å². The maximum absolute atomic E-state index is 13.5. The highest BCUT2D eigenvalue weighted by Gasteiger charge is 2.40. The van der Waals surface area contributed by atoms with Crippen LogP contribution in [-0.2, 0) is 9.53 Å². The minimum absolute atomic E-state index is 0.00179. The molecular formula is C34H47NO6. The van der Waals surface area contributed by atoms with Crippen LogP contribution in [0.4, 0.5) is 5.69 Å². The molecule has 0 saturated carbocycles. The van der Waals surface area contributed by atoms with Crippen molar-refractivity contribution in [2.45, 2.75) is 68.2 Å². The first-order valence-corrected chi connectivity index (χ1v) is 14.6. The molecule has 2 aromatic rings. The molecule has 0 spiro atoms. The number of rotatable bonds is 11. The third-order valence-corrected chi connectivity index (χ3v) is 7.04. The highest BCUT2D eigenvalue weighted by molar-refractivity contribution is 6.52. The maximum atomic E-state index is 13.5. The molecule has 1 aliphatic carbocycles. The van der Waals surface area contributed by atoms with Crippen LogP contribution in [0.1, 0.15) is 73.8 Å². The van der Waals surface area contributed by atoms with Crippen LogP contribution in [0.3, 0.4) is 0 Å². The van der Waals surface area contributed by atoms with Crippen LogP contribution in [-0.4, -0.2) is 46.4 Å². The monoisotopic (exact) mass is 565 g/mol. The van der Waals surface area contributed by atoms with Crippen molar-refractivity contribution in [2.75, 3.05) is 25.1 Å². The molecular weight excluding hydrogens is 518 g/mol. The van der Waals surface area contributed by atoms with Crippen LogP contribution in [0.5, 0.6) is 23.0 Å². The average molecular weight is 566 g/mol. The van der Waals surface area contributed by atoms with Gasteiger partial charge in [-0.15, -0.1) is 0 Å². The molecule has 0 aliphatic heterocycles. The molecule has 0 aromatic heterocycles. The third-order valence-electron chi connectivity index (χ3n) is 7.04. The lowest BCUT2D eigenvalue weighted by molar-refractivity contribution is -0.110. The molecule has 1 aliphatic rings. The normalized spacial score (nSPS) is 13.6. The molecule has 224 valence electrons. The van der Waals surface area contributed by atoms with Crippen molar-refractivity contribution in [2.24, 2.45) is 23.7 Å². The lowest BCUT2D eigenvalue weighted by Crippen LogP contribution is -2.31. The second-order valence-corrected chi connectivity index (χ2v) is 12.9. The Labute approximate surface area is 244 Å². The minimum Gasteiger partial charge on any atom is -0.507 e. The number of ketones is 1. The first-order chi connectivity index (χ1) is 19.2. The minimum atomic E-state index is -0.548. The lowest BCUT2D eigenvalue weighted by atomic mass is 9.80. The fourth-order valence-electron chi connectivity index (χ4n) is 5.63. The fourth-order valence-corrected chi connectivity index (χ4v) is 5.63. The number of anilines is 1. The molecule has 0 radical (unpaired) electrons. The highest BCUT2D eigenvalue weighted by Crippen LogP contribution is 2.47. The Bertz CT molecular complexity index is 1370. The van der Waals surface area contributed by atoms with E-state index >= 15 is 0 Å². The number of carbonyl (C=O) groups is 1. The van der Waals surface area contributed by atoms with E-state index in [0.717, 1.165) is 36.7 Å². The molecule has 0 atom stereocenters. The van der Waals surface area contributed by atoms with Crippen LogP contribution in [0.15, 0.2) is 30.0 Å². The van der Waals surface area contributed by atoms with Gasteiger partial charge in [-0.25, -0.2) is 0 Å². The number of carbonyl (C=O) groups excluding carboxylic acids is 1. The number of nitrogens with zero attached hydrogens (tertiary/aromatic N) is 1. The summed E-state index contributed by atoms with van der Waals surface area (Å²) in [5, 5.41) is 44.8. The SMILES string of the molecule is COC1=C(c2c(O)cc(N(CC(C)C)CC(C)C)cc2O)C(=O)C1=c1c(O)cc(=C(CC(C)C)CC(C)C)cc1O. The number of hydrogen-bond acceptors (Lipinski definition) is 7. The number of ether oxygens (including phenoxy) is 1. The molecule has 0 saturated heterocycles. The summed E-state index contributed by atoms with van der Waals surface area (Å²) in [6.45, 7) is 18.4. The number of phenols is 4. The summed E-state index contributed by atoms with van der Waals surface area (Å²) in [5.74, 6) is 0.0945. The Morgan fingerprint density at radius 2 is 1.17 bits per heavy atom. The summed E-state index contributed by atoms with van der Waals surface area (Å²) in [5.41, 5.74) is 1.75. The Morgan fingerprint density at radius 1 is 0.707 bits per heavy atom. The smallest absolute Gasteiger partial charge is 0.202 e. The average Bonchev–Trinajstić information content (AvgIpc) is 2.83. The van der Waals surface area contributed by atoms with Crippen molar-refractivity contribution in [3.63, 3.8) is 0 Å². The second kappa shape index (κ2) is 12.9. The van der Waals surface area contributed by atoms with E-state index in [2.05, 4.69) is 60.3 Å². The molecule has 0 bridgehead atoms. The maximum Gasteiger partial charge on any atom is 0.202 e. The van der Waals surface area contributed by atoms with Crippen molar-refractivity contribution in [1.82, 2.24) is 0 Å². The van der Waals surface area contributed by atoms with E-state index < -0.39 is 5.78 Å². The Hall–Kier alpha value is -3.61. The van der Waals surface area contributed by atoms with Crippen molar-refractivity contribution >= 4 is 28.2 Å². The number of Topliss-reactive ketones (excluding diaryl/α,β-unsaturated/α-hetero) is 1. The third kappa shape index (κ3) is 7.00. The quantitative estimate of drug-likeness (QED) is 0.278. The van der Waals surface area contributed by atoms with Crippen LogP contribution >= 0.6 is 0 Å². The Morgan fingerprint density at radius 3 is 1.56 bits per heavy atom. The first-order valence-electron chi connectivity index (χ1n) is 14.6. The van der Waals surface area contributed by atoms with Gasteiger partial charge in [0.1, 0.15) is 28.8 Å². The van der Waals surface area contributed by atoms with E-state index in [1.54, 1.807) is 24.3 Å². The summed E-state index contributed by atoms with van der Waals surface area (Å²) in [4.78, 5) is 15.6. The Balaban J connectivity index is 2.20. The number of methoxy groups -OCH3 is 1. The van der Waals surface area contributed by atoms with Gasteiger partial charge in [0.25, 0.3) is 0 Å². The summed E-state index contributed by atoms with van der Waals surface area (Å²) < 4.78 is 5.54. The molecule has 4 N–H and O–H groups in total. The van der Waals surface area contributed by atoms with Crippen molar-refractivity contribution in [1.29, 1.82) is 0 Å². The van der Waals surface area contributed by atoms with Gasteiger partial charge in [0.15, 0.2) is 0 Å². The molecule has 3 rings (SSSR count). The number of phenolic OH excluding ortho intramolecular Hbond substituents is 4. The summed E-state index contributed by atoms with van der Waals surface area (Å²) in [6, 6.07) is 6.27. The number of hydrogen-bond donors (Lipinski definition) is 4. The van der Waals surface area contributed by atoms with Gasteiger partial charge in [0, 0.05) is 30.9 Å². The van der Waals surface area contributed by atoms with Crippen LogP contribution in [0.25, 0.3) is 16.7 Å². The largest absolute Gasteiger partial charge is 0.507 e. The molecule has 0 heterocycles. The van der Waals surface area contributed by atoms with Gasteiger partial charge in [-0.1, -0.05) is 61.0 Å². The molecule has 2 aromatic carbocycles. The van der Waals surface area contributed by atoms with Crippen LogP contribution in [0.2, 0.25) is 0 Å². The van der Waals surface area contributed by atoms with Crippen molar-refractivity contribution in [3.8, 4) is 23.0 Å².